The van der Waals surface area contributed by atoms with Gasteiger partial charge in [-0.1, -0.05) is 24.3 Å². The summed E-state index contributed by atoms with van der Waals surface area (Å²) >= 11 is 0. The van der Waals surface area contributed by atoms with Crippen LogP contribution in [0.25, 0.3) is 0 Å². The molecule has 45 heavy (non-hydrogen) atoms. The fraction of sp³-hybridized carbons (Fsp3) is 0.314. The fourth-order valence-electron chi connectivity index (χ4n) is 5.67. The van der Waals surface area contributed by atoms with E-state index < -0.39 is 17.4 Å². The van der Waals surface area contributed by atoms with Crippen molar-refractivity contribution in [3.63, 3.8) is 0 Å². The number of phenols is 2. The number of phenolic OH excluding ortho intramolecular Hbond substituents is 2. The molecule has 0 saturated heterocycles. The van der Waals surface area contributed by atoms with Crippen LogP contribution >= 0.6 is 0 Å². The topological polar surface area (TPSA) is 137 Å². The summed E-state index contributed by atoms with van der Waals surface area (Å²) in [5.41, 5.74) is 3.70. The summed E-state index contributed by atoms with van der Waals surface area (Å²) in [4.78, 5) is 26.6. The van der Waals surface area contributed by atoms with Gasteiger partial charge in [-0.05, 0) is 72.0 Å². The number of carbonyl (C=O) groups excluding carboxylic acids is 1. The quantitative estimate of drug-likeness (QED) is 0.152. The van der Waals surface area contributed by atoms with E-state index in [2.05, 4.69) is 6.07 Å². The molecule has 0 saturated carbocycles. The molecule has 1 atom stereocenters. The average molecular weight is 616 g/mol. The van der Waals surface area contributed by atoms with Crippen molar-refractivity contribution in [3.05, 3.63) is 105 Å². The van der Waals surface area contributed by atoms with Crippen LogP contribution in [0, 0.1) is 6.92 Å². The van der Waals surface area contributed by atoms with Crippen LogP contribution in [-0.4, -0.2) is 53.3 Å². The van der Waals surface area contributed by atoms with E-state index in [-0.39, 0.29) is 35.8 Å². The summed E-state index contributed by atoms with van der Waals surface area (Å²) in [6.45, 7) is 2.99. The van der Waals surface area contributed by atoms with Crippen LogP contribution in [0.1, 0.15) is 45.8 Å². The molecule has 3 aromatic carbocycles. The summed E-state index contributed by atoms with van der Waals surface area (Å²) in [6, 6.07) is 17.3. The number of rotatable bonds is 12. The molecule has 2 heterocycles. The molecule has 0 bridgehead atoms. The molecule has 3 N–H and O–H groups in total. The lowest BCUT2D eigenvalue weighted by molar-refractivity contribution is -0.140. The summed E-state index contributed by atoms with van der Waals surface area (Å²) < 4.78 is 23.8. The SMILES string of the molecule is COC(=O)C[C@H](c1ccc(OC)c(OCCc2ccc3c(c2)CCO3)c1)c1c(O)cc(C)n(CCc2ccc(O)c(O)c2)c1=O. The summed E-state index contributed by atoms with van der Waals surface area (Å²) in [5, 5.41) is 30.6. The molecule has 0 unspecified atom stereocenters. The number of esters is 1. The molecule has 0 amide bonds. The maximum atomic E-state index is 14.0. The first kappa shape index (κ1) is 31.3. The van der Waals surface area contributed by atoms with Crippen molar-refractivity contribution in [1.29, 1.82) is 0 Å². The smallest absolute Gasteiger partial charge is 0.306 e. The standard InChI is InChI=1S/C35H37NO9/c1-21-16-29(39)34(35(41)36(21)13-10-22-4-7-27(37)28(38)18-22)26(20-33(40)43-3)24-6-9-31(42-2)32(19-24)45-14-11-23-5-8-30-25(17-23)12-15-44-30/h4-9,16-19,26,37-39H,10-15,20H2,1-3H3/t26-/m1/s1. The molecule has 1 aliphatic rings. The molecule has 4 aromatic rings. The number of carbonyl (C=O) groups is 1. The number of pyridine rings is 1. The maximum Gasteiger partial charge on any atom is 0.306 e. The molecular formula is C35H37NO9. The number of ether oxygens (including phenoxy) is 4. The number of hydrogen-bond donors (Lipinski definition) is 3. The van der Waals surface area contributed by atoms with Crippen LogP contribution in [0.15, 0.2) is 65.5 Å². The molecule has 0 spiro atoms. The van der Waals surface area contributed by atoms with Crippen molar-refractivity contribution in [2.24, 2.45) is 0 Å². The molecule has 0 fully saturated rings. The normalized spacial score (nSPS) is 12.7. The molecule has 1 aliphatic heterocycles. The fourth-order valence-corrected chi connectivity index (χ4v) is 5.67. The lowest BCUT2D eigenvalue weighted by Crippen LogP contribution is -2.29. The second kappa shape index (κ2) is 13.7. The van der Waals surface area contributed by atoms with Gasteiger partial charge in [0.25, 0.3) is 5.56 Å². The second-order valence-electron chi connectivity index (χ2n) is 11.0. The van der Waals surface area contributed by atoms with Crippen molar-refractivity contribution in [3.8, 4) is 34.5 Å². The molecule has 10 heteroatoms. The van der Waals surface area contributed by atoms with Gasteiger partial charge in [0.05, 0.1) is 39.4 Å². The third-order valence-electron chi connectivity index (χ3n) is 8.13. The molecule has 0 aliphatic carbocycles. The van der Waals surface area contributed by atoms with Crippen molar-refractivity contribution in [1.82, 2.24) is 4.57 Å². The van der Waals surface area contributed by atoms with Crippen molar-refractivity contribution in [2.45, 2.75) is 45.1 Å². The van der Waals surface area contributed by atoms with Gasteiger partial charge >= 0.3 is 5.97 Å². The highest BCUT2D eigenvalue weighted by Crippen LogP contribution is 2.37. The van der Waals surface area contributed by atoms with Gasteiger partial charge in [0.1, 0.15) is 11.5 Å². The van der Waals surface area contributed by atoms with Gasteiger partial charge in [-0.2, -0.15) is 0 Å². The first-order chi connectivity index (χ1) is 21.7. The van der Waals surface area contributed by atoms with Crippen LogP contribution in [0.2, 0.25) is 0 Å². The van der Waals surface area contributed by atoms with E-state index in [1.807, 2.05) is 12.1 Å². The van der Waals surface area contributed by atoms with Gasteiger partial charge in [-0.25, -0.2) is 0 Å². The zero-order chi connectivity index (χ0) is 32.1. The second-order valence-corrected chi connectivity index (χ2v) is 11.0. The van der Waals surface area contributed by atoms with Gasteiger partial charge in [0.15, 0.2) is 23.0 Å². The third kappa shape index (κ3) is 7.01. The van der Waals surface area contributed by atoms with Crippen molar-refractivity contribution in [2.75, 3.05) is 27.4 Å². The number of fused-ring (bicyclic) bond motifs is 1. The van der Waals surface area contributed by atoms with E-state index >= 15 is 0 Å². The van der Waals surface area contributed by atoms with E-state index in [9.17, 15) is 24.9 Å². The summed E-state index contributed by atoms with van der Waals surface area (Å²) in [5.74, 6) is -0.267. The molecule has 5 rings (SSSR count). The van der Waals surface area contributed by atoms with E-state index in [4.69, 9.17) is 18.9 Å². The van der Waals surface area contributed by atoms with Crippen LogP contribution in [0.4, 0.5) is 0 Å². The van der Waals surface area contributed by atoms with Gasteiger partial charge in [-0.15, -0.1) is 0 Å². The lowest BCUT2D eigenvalue weighted by Gasteiger charge is -2.22. The van der Waals surface area contributed by atoms with E-state index in [0.717, 1.165) is 17.7 Å². The largest absolute Gasteiger partial charge is 0.507 e. The Kier molecular flexibility index (Phi) is 9.51. The lowest BCUT2D eigenvalue weighted by atomic mass is 9.88. The number of aromatic hydroxyl groups is 3. The Balaban J connectivity index is 1.44. The Bertz CT molecular complexity index is 1760. The van der Waals surface area contributed by atoms with Crippen molar-refractivity contribution < 1.29 is 39.1 Å². The minimum absolute atomic E-state index is 0.0519. The number of benzene rings is 3. The maximum absolute atomic E-state index is 14.0. The highest BCUT2D eigenvalue weighted by Gasteiger charge is 2.28. The van der Waals surface area contributed by atoms with E-state index in [0.29, 0.717) is 54.4 Å². The Morgan fingerprint density at radius 2 is 1.69 bits per heavy atom. The molecular weight excluding hydrogens is 578 g/mol. The number of hydrogen-bond acceptors (Lipinski definition) is 9. The number of methoxy groups -OCH3 is 2. The summed E-state index contributed by atoms with van der Waals surface area (Å²) in [6.07, 6.45) is 1.71. The average Bonchev–Trinajstić information content (AvgIpc) is 3.50. The zero-order valence-corrected chi connectivity index (χ0v) is 25.5. The van der Waals surface area contributed by atoms with Crippen LogP contribution < -0.4 is 19.8 Å². The molecule has 1 aromatic heterocycles. The summed E-state index contributed by atoms with van der Waals surface area (Å²) in [7, 11) is 2.81. The van der Waals surface area contributed by atoms with E-state index in [1.54, 1.807) is 31.2 Å². The Morgan fingerprint density at radius 3 is 2.44 bits per heavy atom. The third-order valence-corrected chi connectivity index (χ3v) is 8.13. The number of aromatic nitrogens is 1. The van der Waals surface area contributed by atoms with Gasteiger partial charge in [0.2, 0.25) is 0 Å². The van der Waals surface area contributed by atoms with Crippen molar-refractivity contribution >= 4 is 5.97 Å². The monoisotopic (exact) mass is 615 g/mol. The van der Waals surface area contributed by atoms with Crippen LogP contribution in [-0.2, 0) is 35.3 Å². The predicted octanol–water partition coefficient (Wildman–Crippen LogP) is 4.78. The number of aryl methyl sites for hydroxylation is 2. The molecule has 236 valence electrons. The predicted molar refractivity (Wildman–Crippen MR) is 167 cm³/mol. The van der Waals surface area contributed by atoms with Crippen LogP contribution in [0.3, 0.4) is 0 Å². The van der Waals surface area contributed by atoms with Crippen LogP contribution in [0.5, 0.6) is 34.5 Å². The molecule has 0 radical (unpaired) electrons. The van der Waals surface area contributed by atoms with Gasteiger partial charge in [-0.3, -0.25) is 9.59 Å². The Labute approximate surface area is 261 Å². The Hall–Kier alpha value is -5.12. The minimum atomic E-state index is -0.848. The first-order valence-corrected chi connectivity index (χ1v) is 14.7. The number of nitrogens with zero attached hydrogens (tertiary/aromatic N) is 1. The Morgan fingerprint density at radius 1 is 0.911 bits per heavy atom. The highest BCUT2D eigenvalue weighted by molar-refractivity contribution is 5.72. The van der Waals surface area contributed by atoms with Gasteiger partial charge < -0.3 is 38.8 Å². The van der Waals surface area contributed by atoms with E-state index in [1.165, 1.54) is 42.5 Å². The zero-order valence-electron chi connectivity index (χ0n) is 25.5. The minimum Gasteiger partial charge on any atom is -0.507 e. The highest BCUT2D eigenvalue weighted by atomic mass is 16.5. The first-order valence-electron chi connectivity index (χ1n) is 14.7. The van der Waals surface area contributed by atoms with Gasteiger partial charge in [0, 0.05) is 31.0 Å². The molecule has 10 nitrogen and oxygen atoms in total.